The van der Waals surface area contributed by atoms with Crippen molar-refractivity contribution in [1.82, 2.24) is 5.32 Å². The summed E-state index contributed by atoms with van der Waals surface area (Å²) >= 11 is 6.14. The minimum Gasteiger partial charge on any atom is -0.352 e. The number of nitrogens with one attached hydrogen (secondary N) is 1. The van der Waals surface area contributed by atoms with Gasteiger partial charge in [-0.2, -0.15) is 0 Å². The SMILES string of the molecule is CC(C)(C)c1ccccc1N1CC(C(=O)NCc2ccccc2Cl)CC1=O. The van der Waals surface area contributed by atoms with Crippen molar-refractivity contribution in [3.63, 3.8) is 0 Å². The molecule has 1 unspecified atom stereocenters. The molecular formula is C22H25ClN2O2. The summed E-state index contributed by atoms with van der Waals surface area (Å²) in [7, 11) is 0. The molecule has 3 rings (SSSR count). The summed E-state index contributed by atoms with van der Waals surface area (Å²) in [6.07, 6.45) is 0.229. The molecule has 0 aromatic heterocycles. The zero-order valence-corrected chi connectivity index (χ0v) is 16.7. The normalized spacial score (nSPS) is 17.3. The molecular weight excluding hydrogens is 360 g/mol. The fraction of sp³-hybridized carbons (Fsp3) is 0.364. The maximum Gasteiger partial charge on any atom is 0.227 e. The average Bonchev–Trinajstić information content (AvgIpc) is 3.02. The molecule has 1 atom stereocenters. The topological polar surface area (TPSA) is 49.4 Å². The Bertz CT molecular complexity index is 857. The summed E-state index contributed by atoms with van der Waals surface area (Å²) in [4.78, 5) is 27.0. The maximum atomic E-state index is 12.6. The van der Waals surface area contributed by atoms with E-state index < -0.39 is 0 Å². The van der Waals surface area contributed by atoms with Crippen molar-refractivity contribution in [3.8, 4) is 0 Å². The van der Waals surface area contributed by atoms with Crippen LogP contribution in [-0.4, -0.2) is 18.4 Å². The first-order chi connectivity index (χ1) is 12.8. The summed E-state index contributed by atoms with van der Waals surface area (Å²) in [5, 5.41) is 3.54. The van der Waals surface area contributed by atoms with Crippen LogP contribution >= 0.6 is 11.6 Å². The van der Waals surface area contributed by atoms with E-state index in [1.807, 2.05) is 42.5 Å². The van der Waals surface area contributed by atoms with Gasteiger partial charge in [0.15, 0.2) is 0 Å². The third-order valence-electron chi connectivity index (χ3n) is 4.91. The quantitative estimate of drug-likeness (QED) is 0.854. The predicted octanol–water partition coefficient (Wildman–Crippen LogP) is 4.31. The Morgan fingerprint density at radius 2 is 1.81 bits per heavy atom. The Balaban J connectivity index is 1.71. The Hall–Kier alpha value is -2.33. The lowest BCUT2D eigenvalue weighted by Gasteiger charge is -2.27. The van der Waals surface area contributed by atoms with Gasteiger partial charge >= 0.3 is 0 Å². The third kappa shape index (κ3) is 4.33. The molecule has 0 spiro atoms. The van der Waals surface area contributed by atoms with Crippen molar-refractivity contribution < 1.29 is 9.59 Å². The van der Waals surface area contributed by atoms with Gasteiger partial charge in [0.1, 0.15) is 0 Å². The monoisotopic (exact) mass is 384 g/mol. The Morgan fingerprint density at radius 1 is 1.15 bits per heavy atom. The van der Waals surface area contributed by atoms with Crippen LogP contribution in [0.1, 0.15) is 38.3 Å². The lowest BCUT2D eigenvalue weighted by molar-refractivity contribution is -0.126. The molecule has 5 heteroatoms. The summed E-state index contributed by atoms with van der Waals surface area (Å²) in [6, 6.07) is 15.4. The van der Waals surface area contributed by atoms with Crippen LogP contribution in [0.25, 0.3) is 0 Å². The van der Waals surface area contributed by atoms with Gasteiger partial charge < -0.3 is 10.2 Å². The molecule has 1 heterocycles. The molecule has 0 bridgehead atoms. The predicted molar refractivity (Wildman–Crippen MR) is 109 cm³/mol. The first kappa shape index (κ1) is 19.4. The Morgan fingerprint density at radius 3 is 2.52 bits per heavy atom. The number of rotatable bonds is 4. The van der Waals surface area contributed by atoms with E-state index in [4.69, 9.17) is 11.6 Å². The van der Waals surface area contributed by atoms with Crippen LogP contribution in [0.4, 0.5) is 5.69 Å². The highest BCUT2D eigenvalue weighted by Crippen LogP contribution is 2.35. The largest absolute Gasteiger partial charge is 0.352 e. The van der Waals surface area contributed by atoms with Crippen molar-refractivity contribution in [2.24, 2.45) is 5.92 Å². The van der Waals surface area contributed by atoms with Gasteiger partial charge in [-0.25, -0.2) is 0 Å². The zero-order valence-electron chi connectivity index (χ0n) is 16.0. The van der Waals surface area contributed by atoms with E-state index in [1.165, 1.54) is 0 Å². The molecule has 1 saturated heterocycles. The first-order valence-electron chi connectivity index (χ1n) is 9.18. The number of halogens is 1. The molecule has 27 heavy (non-hydrogen) atoms. The number of carbonyl (C=O) groups is 2. The molecule has 1 aliphatic heterocycles. The van der Waals surface area contributed by atoms with E-state index in [0.717, 1.165) is 16.8 Å². The van der Waals surface area contributed by atoms with Crippen LogP contribution in [0, 0.1) is 5.92 Å². The second kappa shape index (κ2) is 7.73. The fourth-order valence-corrected chi connectivity index (χ4v) is 3.63. The van der Waals surface area contributed by atoms with Gasteiger partial charge in [0.25, 0.3) is 0 Å². The van der Waals surface area contributed by atoms with Crippen LogP contribution in [-0.2, 0) is 21.5 Å². The van der Waals surface area contributed by atoms with Crippen LogP contribution in [0.15, 0.2) is 48.5 Å². The van der Waals surface area contributed by atoms with Crippen molar-refractivity contribution in [2.45, 2.75) is 39.2 Å². The lowest BCUT2D eigenvalue weighted by Crippen LogP contribution is -2.33. The zero-order chi connectivity index (χ0) is 19.6. The molecule has 0 aliphatic carbocycles. The van der Waals surface area contributed by atoms with Crippen LogP contribution in [0.5, 0.6) is 0 Å². The Labute approximate surface area is 165 Å². The van der Waals surface area contributed by atoms with E-state index in [9.17, 15) is 9.59 Å². The van der Waals surface area contributed by atoms with Gasteiger partial charge in [0.2, 0.25) is 11.8 Å². The molecule has 2 aromatic carbocycles. The minimum absolute atomic E-state index is 0.00964. The fourth-order valence-electron chi connectivity index (χ4n) is 3.43. The van der Waals surface area contributed by atoms with Gasteiger partial charge in [0.05, 0.1) is 5.92 Å². The second-order valence-corrected chi connectivity index (χ2v) is 8.39. The average molecular weight is 385 g/mol. The number of hydrogen-bond donors (Lipinski definition) is 1. The number of para-hydroxylation sites is 1. The van der Waals surface area contributed by atoms with Crippen LogP contribution in [0.2, 0.25) is 5.02 Å². The van der Waals surface area contributed by atoms with E-state index in [1.54, 1.807) is 11.0 Å². The molecule has 4 nitrogen and oxygen atoms in total. The van der Waals surface area contributed by atoms with Gasteiger partial charge in [-0.1, -0.05) is 68.8 Å². The molecule has 1 aliphatic rings. The smallest absolute Gasteiger partial charge is 0.227 e. The third-order valence-corrected chi connectivity index (χ3v) is 5.28. The van der Waals surface area contributed by atoms with E-state index in [2.05, 4.69) is 26.1 Å². The van der Waals surface area contributed by atoms with Crippen LogP contribution < -0.4 is 10.2 Å². The summed E-state index contributed by atoms with van der Waals surface area (Å²) in [5.74, 6) is -0.475. The summed E-state index contributed by atoms with van der Waals surface area (Å²) in [6.45, 7) is 7.14. The molecule has 2 aromatic rings. The van der Waals surface area contributed by atoms with E-state index in [0.29, 0.717) is 18.1 Å². The highest BCUT2D eigenvalue weighted by atomic mass is 35.5. The summed E-state index contributed by atoms with van der Waals surface area (Å²) < 4.78 is 0. The molecule has 0 radical (unpaired) electrons. The maximum absolute atomic E-state index is 12.6. The van der Waals surface area contributed by atoms with Gasteiger partial charge in [-0.05, 0) is 28.7 Å². The van der Waals surface area contributed by atoms with Crippen molar-refractivity contribution >= 4 is 29.1 Å². The number of carbonyl (C=O) groups excluding carboxylic acids is 2. The highest BCUT2D eigenvalue weighted by Gasteiger charge is 2.36. The van der Waals surface area contributed by atoms with Crippen molar-refractivity contribution in [1.29, 1.82) is 0 Å². The molecule has 2 amide bonds. The molecule has 1 N–H and O–H groups in total. The molecule has 1 fully saturated rings. The van der Waals surface area contributed by atoms with Crippen molar-refractivity contribution in [3.05, 3.63) is 64.7 Å². The van der Waals surface area contributed by atoms with Gasteiger partial charge in [-0.15, -0.1) is 0 Å². The number of benzene rings is 2. The van der Waals surface area contributed by atoms with Crippen LogP contribution in [0.3, 0.4) is 0 Å². The van der Waals surface area contributed by atoms with Crippen molar-refractivity contribution in [2.75, 3.05) is 11.4 Å². The van der Waals surface area contributed by atoms with E-state index in [-0.39, 0.29) is 29.6 Å². The Kier molecular flexibility index (Phi) is 5.56. The number of anilines is 1. The summed E-state index contributed by atoms with van der Waals surface area (Å²) in [5.41, 5.74) is 2.79. The lowest BCUT2D eigenvalue weighted by atomic mass is 9.85. The molecule has 142 valence electrons. The van der Waals surface area contributed by atoms with Gasteiger partial charge in [0, 0.05) is 30.2 Å². The first-order valence-corrected chi connectivity index (χ1v) is 9.56. The molecule has 0 saturated carbocycles. The van der Waals surface area contributed by atoms with Gasteiger partial charge in [-0.3, -0.25) is 9.59 Å². The second-order valence-electron chi connectivity index (χ2n) is 7.98. The number of nitrogens with zero attached hydrogens (tertiary/aromatic N) is 1. The minimum atomic E-state index is -0.354. The number of hydrogen-bond acceptors (Lipinski definition) is 2. The standard InChI is InChI=1S/C22H25ClN2O2/c1-22(2,3)17-9-5-7-11-19(17)25-14-16(12-20(25)26)21(27)24-13-15-8-4-6-10-18(15)23/h4-11,16H,12-14H2,1-3H3,(H,24,27). The van der Waals surface area contributed by atoms with E-state index >= 15 is 0 Å². The highest BCUT2D eigenvalue weighted by molar-refractivity contribution is 6.31. The number of amides is 2.